The van der Waals surface area contributed by atoms with Crippen LogP contribution >= 0.6 is 22.9 Å². The van der Waals surface area contributed by atoms with Gasteiger partial charge in [-0.05, 0) is 43.3 Å². The van der Waals surface area contributed by atoms with Crippen LogP contribution in [0.25, 0.3) is 11.1 Å². The van der Waals surface area contributed by atoms with Crippen molar-refractivity contribution in [3.05, 3.63) is 81.3 Å². The van der Waals surface area contributed by atoms with Gasteiger partial charge < -0.3 is 14.6 Å². The number of benzene rings is 2. The zero-order chi connectivity index (χ0) is 24.9. The molecule has 0 aliphatic heterocycles. The van der Waals surface area contributed by atoms with Crippen molar-refractivity contribution in [2.45, 2.75) is 20.1 Å². The number of aliphatic hydroxyl groups is 1. The van der Waals surface area contributed by atoms with Crippen molar-refractivity contribution in [1.82, 2.24) is 15.2 Å². The van der Waals surface area contributed by atoms with Crippen LogP contribution in [-0.2, 0) is 13.2 Å². The molecule has 0 radical (unpaired) electrons. The predicted octanol–water partition coefficient (Wildman–Crippen LogP) is 5.03. The Balaban J connectivity index is 1.58. The van der Waals surface area contributed by atoms with Crippen molar-refractivity contribution < 1.29 is 23.8 Å². The predicted molar refractivity (Wildman–Crippen MR) is 130 cm³/mol. The van der Waals surface area contributed by atoms with Crippen molar-refractivity contribution >= 4 is 34.0 Å². The smallest absolute Gasteiger partial charge is 0.259 e. The highest BCUT2D eigenvalue weighted by molar-refractivity contribution is 7.15. The molecule has 0 saturated carbocycles. The monoisotopic (exact) mass is 514 g/mol. The second-order valence-corrected chi connectivity index (χ2v) is 8.84. The van der Waals surface area contributed by atoms with E-state index in [-0.39, 0.29) is 39.7 Å². The summed E-state index contributed by atoms with van der Waals surface area (Å²) >= 11 is 7.01. The quantitative estimate of drug-likeness (QED) is 0.339. The molecule has 0 saturated heterocycles. The van der Waals surface area contributed by atoms with Gasteiger partial charge in [0, 0.05) is 28.0 Å². The number of hydrogen-bond donors (Lipinski definition) is 2. The summed E-state index contributed by atoms with van der Waals surface area (Å²) < 4.78 is 26.2. The van der Waals surface area contributed by atoms with E-state index in [0.29, 0.717) is 21.5 Å². The summed E-state index contributed by atoms with van der Waals surface area (Å²) in [7, 11) is 1.40. The Labute approximate surface area is 209 Å². The largest absolute Gasteiger partial charge is 0.496 e. The summed E-state index contributed by atoms with van der Waals surface area (Å²) in [5.41, 5.74) is 1.09. The zero-order valence-electron chi connectivity index (χ0n) is 18.7. The normalized spacial score (nSPS) is 10.8. The molecular weight excluding hydrogens is 495 g/mol. The summed E-state index contributed by atoms with van der Waals surface area (Å²) in [6.07, 6.45) is 1.36. The van der Waals surface area contributed by atoms with Gasteiger partial charge in [-0.3, -0.25) is 15.1 Å². The Kier molecular flexibility index (Phi) is 7.54. The van der Waals surface area contributed by atoms with Crippen LogP contribution in [0.1, 0.15) is 26.6 Å². The molecule has 0 aliphatic carbocycles. The van der Waals surface area contributed by atoms with Gasteiger partial charge in [-0.25, -0.2) is 4.39 Å². The minimum absolute atomic E-state index is 0.0593. The molecule has 0 aliphatic rings. The summed E-state index contributed by atoms with van der Waals surface area (Å²) in [5.74, 6) is -0.391. The Hall–Kier alpha value is -3.60. The number of aryl methyl sites for hydroxylation is 1. The third kappa shape index (κ3) is 5.56. The number of rotatable bonds is 8. The summed E-state index contributed by atoms with van der Waals surface area (Å²) in [4.78, 5) is 17.3. The van der Waals surface area contributed by atoms with Gasteiger partial charge >= 0.3 is 0 Å². The minimum atomic E-state index is -0.677. The number of pyridine rings is 1. The lowest BCUT2D eigenvalue weighted by atomic mass is 9.96. The number of nitrogens with one attached hydrogen (secondary N) is 1. The molecule has 0 spiro atoms. The molecule has 35 heavy (non-hydrogen) atoms. The molecule has 0 bridgehead atoms. The third-order valence-electron chi connectivity index (χ3n) is 4.99. The number of amides is 1. The molecule has 4 aromatic rings. The Morgan fingerprint density at radius 2 is 1.97 bits per heavy atom. The van der Waals surface area contributed by atoms with Gasteiger partial charge in [0.15, 0.2) is 5.01 Å². The van der Waals surface area contributed by atoms with E-state index in [1.54, 1.807) is 43.3 Å². The van der Waals surface area contributed by atoms with E-state index in [1.807, 2.05) is 0 Å². The van der Waals surface area contributed by atoms with Gasteiger partial charge in [-0.15, -0.1) is 10.2 Å². The Morgan fingerprint density at radius 1 is 1.20 bits per heavy atom. The van der Waals surface area contributed by atoms with E-state index in [2.05, 4.69) is 20.5 Å². The number of anilines is 1. The standard InChI is InChI=1S/C24H20ClFN4O4S/c1-13-9-17(21-19(33-2)8-3-14(11-31)22(21)26)18(10-27-13)23(32)28-24-30-29-20(35-24)12-34-16-6-4-15(25)5-7-16/h3-10,31H,11-12H2,1-2H3,(H,28,30,32). The van der Waals surface area contributed by atoms with Crippen LogP contribution in [0.2, 0.25) is 5.02 Å². The maximum Gasteiger partial charge on any atom is 0.259 e. The molecule has 11 heteroatoms. The molecule has 2 N–H and O–H groups in total. The highest BCUT2D eigenvalue weighted by Crippen LogP contribution is 2.37. The fraction of sp³-hybridized carbons (Fsp3) is 0.167. The topological polar surface area (TPSA) is 106 Å². The first-order chi connectivity index (χ1) is 16.9. The molecule has 2 aromatic carbocycles. The summed E-state index contributed by atoms with van der Waals surface area (Å²) in [6.45, 7) is 1.38. The van der Waals surface area contributed by atoms with Gasteiger partial charge in [0.2, 0.25) is 5.13 Å². The van der Waals surface area contributed by atoms with E-state index in [9.17, 15) is 9.90 Å². The van der Waals surface area contributed by atoms with Crippen LogP contribution in [0.15, 0.2) is 48.7 Å². The van der Waals surface area contributed by atoms with E-state index < -0.39 is 18.3 Å². The fourth-order valence-corrected chi connectivity index (χ4v) is 4.07. The van der Waals surface area contributed by atoms with Crippen LogP contribution < -0.4 is 14.8 Å². The molecular formula is C24H20ClFN4O4S. The molecule has 2 aromatic heterocycles. The van der Waals surface area contributed by atoms with Crippen molar-refractivity contribution in [3.8, 4) is 22.6 Å². The van der Waals surface area contributed by atoms with Gasteiger partial charge in [0.1, 0.15) is 23.9 Å². The van der Waals surface area contributed by atoms with Crippen molar-refractivity contribution in [2.75, 3.05) is 12.4 Å². The molecule has 8 nitrogen and oxygen atoms in total. The first-order valence-electron chi connectivity index (χ1n) is 10.3. The first-order valence-corrected chi connectivity index (χ1v) is 11.5. The molecule has 0 atom stereocenters. The number of ether oxygens (including phenoxy) is 2. The highest BCUT2D eigenvalue weighted by Gasteiger charge is 2.23. The number of aromatic nitrogens is 3. The van der Waals surface area contributed by atoms with Crippen molar-refractivity contribution in [2.24, 2.45) is 0 Å². The number of carbonyl (C=O) groups is 1. The lowest BCUT2D eigenvalue weighted by Gasteiger charge is -2.15. The van der Waals surface area contributed by atoms with Crippen molar-refractivity contribution in [3.63, 3.8) is 0 Å². The maximum absolute atomic E-state index is 15.2. The molecule has 2 heterocycles. The Morgan fingerprint density at radius 3 is 2.69 bits per heavy atom. The lowest BCUT2D eigenvalue weighted by molar-refractivity contribution is 0.102. The van der Waals surface area contributed by atoms with Gasteiger partial charge in [-0.2, -0.15) is 0 Å². The van der Waals surface area contributed by atoms with E-state index in [0.717, 1.165) is 11.3 Å². The van der Waals surface area contributed by atoms with Gasteiger partial charge in [0.25, 0.3) is 5.91 Å². The second-order valence-electron chi connectivity index (χ2n) is 7.34. The lowest BCUT2D eigenvalue weighted by Crippen LogP contribution is -2.14. The number of aliphatic hydroxyl groups excluding tert-OH is 1. The number of halogens is 2. The zero-order valence-corrected chi connectivity index (χ0v) is 20.3. The van der Waals surface area contributed by atoms with Crippen LogP contribution in [0, 0.1) is 12.7 Å². The average Bonchev–Trinajstić information content (AvgIpc) is 3.30. The SMILES string of the molecule is COc1ccc(CO)c(F)c1-c1cc(C)ncc1C(=O)Nc1nnc(COc2ccc(Cl)cc2)s1. The van der Waals surface area contributed by atoms with Crippen LogP contribution in [0.4, 0.5) is 9.52 Å². The highest BCUT2D eigenvalue weighted by atomic mass is 35.5. The molecule has 0 fully saturated rings. The fourth-order valence-electron chi connectivity index (χ4n) is 3.30. The number of carbonyl (C=O) groups excluding carboxylic acids is 1. The summed E-state index contributed by atoms with van der Waals surface area (Å²) in [5, 5.41) is 21.6. The first kappa shape index (κ1) is 24.5. The van der Waals surface area contributed by atoms with Gasteiger partial charge in [-0.1, -0.05) is 29.0 Å². The molecule has 0 unspecified atom stereocenters. The number of hydrogen-bond acceptors (Lipinski definition) is 8. The third-order valence-corrected chi connectivity index (χ3v) is 6.06. The van der Waals surface area contributed by atoms with Crippen LogP contribution in [0.3, 0.4) is 0 Å². The van der Waals surface area contributed by atoms with Crippen LogP contribution in [-0.4, -0.2) is 33.3 Å². The average molecular weight is 515 g/mol. The summed E-state index contributed by atoms with van der Waals surface area (Å²) in [6, 6.07) is 11.4. The van der Waals surface area contributed by atoms with Crippen molar-refractivity contribution in [1.29, 1.82) is 0 Å². The molecule has 180 valence electrons. The van der Waals surface area contributed by atoms with E-state index >= 15 is 4.39 Å². The second kappa shape index (κ2) is 10.8. The maximum atomic E-state index is 15.2. The number of methoxy groups -OCH3 is 1. The Bertz CT molecular complexity index is 1360. The molecule has 1 amide bonds. The van der Waals surface area contributed by atoms with E-state index in [4.69, 9.17) is 21.1 Å². The van der Waals surface area contributed by atoms with Gasteiger partial charge in [0.05, 0.1) is 24.8 Å². The van der Waals surface area contributed by atoms with Crippen LogP contribution in [0.5, 0.6) is 11.5 Å². The minimum Gasteiger partial charge on any atom is -0.496 e. The molecule has 4 rings (SSSR count). The number of nitrogens with zero attached hydrogens (tertiary/aromatic N) is 3. The van der Waals surface area contributed by atoms with E-state index in [1.165, 1.54) is 19.4 Å².